The van der Waals surface area contributed by atoms with Crippen molar-refractivity contribution in [1.29, 1.82) is 0 Å². The van der Waals surface area contributed by atoms with Crippen molar-refractivity contribution in [1.82, 2.24) is 4.90 Å². The van der Waals surface area contributed by atoms with E-state index < -0.39 is 0 Å². The molecular weight excluding hydrogens is 256 g/mol. The van der Waals surface area contributed by atoms with Crippen LogP contribution in [0.25, 0.3) is 0 Å². The minimum absolute atomic E-state index is 0.119. The molecule has 0 aromatic heterocycles. The zero-order valence-electron chi connectivity index (χ0n) is 10.9. The lowest BCUT2D eigenvalue weighted by Gasteiger charge is -2.20. The van der Waals surface area contributed by atoms with Crippen LogP contribution in [0.5, 0.6) is 5.75 Å². The third-order valence-corrected chi connectivity index (χ3v) is 3.62. The van der Waals surface area contributed by atoms with Crippen LogP contribution in [-0.2, 0) is 4.79 Å². The minimum atomic E-state index is -0.357. The highest BCUT2D eigenvalue weighted by Gasteiger charge is 2.38. The second kappa shape index (κ2) is 4.89. The van der Waals surface area contributed by atoms with Crippen LogP contribution in [0.4, 0.5) is 5.69 Å². The molecule has 20 heavy (non-hydrogen) atoms. The van der Waals surface area contributed by atoms with Gasteiger partial charge in [-0.15, -0.1) is 6.42 Å². The molecule has 3 rings (SSSR count). The van der Waals surface area contributed by atoms with Crippen molar-refractivity contribution in [3.63, 3.8) is 0 Å². The van der Waals surface area contributed by atoms with Crippen LogP contribution in [0.15, 0.2) is 18.2 Å². The number of amides is 2. The van der Waals surface area contributed by atoms with Crippen LogP contribution in [0.1, 0.15) is 23.2 Å². The summed E-state index contributed by atoms with van der Waals surface area (Å²) < 4.78 is 5.33. The second-order valence-electron chi connectivity index (χ2n) is 4.85. The Bertz CT molecular complexity index is 618. The number of benzene rings is 1. The Hall–Kier alpha value is -2.48. The molecule has 0 aliphatic carbocycles. The first kappa shape index (κ1) is 12.5. The number of nitrogens with one attached hydrogen (secondary N) is 1. The monoisotopic (exact) mass is 270 g/mol. The van der Waals surface area contributed by atoms with E-state index in [0.717, 1.165) is 6.42 Å². The predicted octanol–water partition coefficient (Wildman–Crippen LogP) is 1.26. The average Bonchev–Trinajstić information content (AvgIpc) is 2.91. The van der Waals surface area contributed by atoms with E-state index in [4.69, 9.17) is 11.2 Å². The van der Waals surface area contributed by atoms with Gasteiger partial charge in [0, 0.05) is 6.54 Å². The van der Waals surface area contributed by atoms with E-state index in [9.17, 15) is 9.59 Å². The topological polar surface area (TPSA) is 58.6 Å². The van der Waals surface area contributed by atoms with Gasteiger partial charge in [-0.2, -0.15) is 0 Å². The summed E-state index contributed by atoms with van der Waals surface area (Å²) in [5.41, 5.74) is 0.986. The second-order valence-corrected chi connectivity index (χ2v) is 4.85. The van der Waals surface area contributed by atoms with Crippen molar-refractivity contribution in [2.45, 2.75) is 18.9 Å². The first-order valence-electron chi connectivity index (χ1n) is 6.53. The molecule has 0 unspecified atom stereocenters. The van der Waals surface area contributed by atoms with Crippen LogP contribution < -0.4 is 10.1 Å². The summed E-state index contributed by atoms with van der Waals surface area (Å²) in [6, 6.07) is 4.65. The van der Waals surface area contributed by atoms with E-state index >= 15 is 0 Å². The molecule has 1 aromatic carbocycles. The van der Waals surface area contributed by atoms with Gasteiger partial charge >= 0.3 is 0 Å². The summed E-state index contributed by atoms with van der Waals surface area (Å²) in [7, 11) is 0. The molecular formula is C15H14N2O3. The number of carbonyl (C=O) groups is 2. The summed E-state index contributed by atoms with van der Waals surface area (Å²) >= 11 is 0. The van der Waals surface area contributed by atoms with Crippen molar-refractivity contribution in [2.75, 3.05) is 18.5 Å². The summed E-state index contributed by atoms with van der Waals surface area (Å²) in [4.78, 5) is 26.3. The largest absolute Gasteiger partial charge is 0.481 e. The lowest BCUT2D eigenvalue weighted by atomic mass is 10.1. The standard InChI is InChI=1S/C15H14N2O3/c1-2-8-20-10-5-6-12-11(9-10)15(19)17-7-3-4-13(17)14(18)16-12/h1,5-6,9,13H,3-4,7-8H2,(H,16,18)/t13-/m0/s1. The van der Waals surface area contributed by atoms with Gasteiger partial charge in [0.1, 0.15) is 18.4 Å². The van der Waals surface area contributed by atoms with E-state index in [1.54, 1.807) is 23.1 Å². The molecule has 0 saturated carbocycles. The number of ether oxygens (including phenoxy) is 1. The molecule has 5 heteroatoms. The van der Waals surface area contributed by atoms with E-state index in [1.165, 1.54) is 0 Å². The van der Waals surface area contributed by atoms with Crippen LogP contribution in [0, 0.1) is 12.3 Å². The number of rotatable bonds is 2. The van der Waals surface area contributed by atoms with Crippen LogP contribution >= 0.6 is 0 Å². The normalized spacial score (nSPS) is 20.6. The van der Waals surface area contributed by atoms with Gasteiger partial charge in [-0.25, -0.2) is 0 Å². The van der Waals surface area contributed by atoms with E-state index in [1.807, 2.05) is 0 Å². The van der Waals surface area contributed by atoms with Gasteiger partial charge < -0.3 is 15.0 Å². The van der Waals surface area contributed by atoms with E-state index in [0.29, 0.717) is 30.0 Å². The number of hydrogen-bond donors (Lipinski definition) is 1. The fourth-order valence-electron chi connectivity index (χ4n) is 2.68. The van der Waals surface area contributed by atoms with Gasteiger partial charge in [0.25, 0.3) is 5.91 Å². The lowest BCUT2D eigenvalue weighted by molar-refractivity contribution is -0.119. The lowest BCUT2D eigenvalue weighted by Crippen LogP contribution is -2.40. The highest BCUT2D eigenvalue weighted by molar-refractivity contribution is 6.10. The Labute approximate surface area is 116 Å². The summed E-state index contributed by atoms with van der Waals surface area (Å²) in [5, 5.41) is 2.81. The Kier molecular flexibility index (Phi) is 3.07. The molecule has 1 aromatic rings. The number of hydrogen-bond acceptors (Lipinski definition) is 3. The number of anilines is 1. The van der Waals surface area contributed by atoms with Crippen LogP contribution in [0.3, 0.4) is 0 Å². The molecule has 1 N–H and O–H groups in total. The fourth-order valence-corrected chi connectivity index (χ4v) is 2.68. The Morgan fingerprint density at radius 3 is 3.10 bits per heavy atom. The highest BCUT2D eigenvalue weighted by Crippen LogP contribution is 2.30. The van der Waals surface area contributed by atoms with E-state index in [-0.39, 0.29) is 24.5 Å². The van der Waals surface area contributed by atoms with Crippen molar-refractivity contribution in [2.24, 2.45) is 0 Å². The van der Waals surface area contributed by atoms with Gasteiger partial charge in [-0.3, -0.25) is 9.59 Å². The molecule has 1 fully saturated rings. The molecule has 5 nitrogen and oxygen atoms in total. The van der Waals surface area contributed by atoms with Gasteiger partial charge in [-0.1, -0.05) is 5.92 Å². The molecule has 2 amide bonds. The number of nitrogens with zero attached hydrogens (tertiary/aromatic N) is 1. The summed E-state index contributed by atoms with van der Waals surface area (Å²) in [6.45, 7) is 0.761. The van der Waals surface area contributed by atoms with Gasteiger partial charge in [-0.05, 0) is 31.0 Å². The average molecular weight is 270 g/mol. The molecule has 1 atom stereocenters. The molecule has 1 saturated heterocycles. The third-order valence-electron chi connectivity index (χ3n) is 3.62. The Balaban J connectivity index is 1.98. The van der Waals surface area contributed by atoms with Gasteiger partial charge in [0.2, 0.25) is 5.91 Å². The van der Waals surface area contributed by atoms with Crippen molar-refractivity contribution < 1.29 is 14.3 Å². The number of fused-ring (bicyclic) bond motifs is 2. The Morgan fingerprint density at radius 2 is 2.30 bits per heavy atom. The van der Waals surface area contributed by atoms with E-state index in [2.05, 4.69) is 11.2 Å². The van der Waals surface area contributed by atoms with Crippen molar-refractivity contribution >= 4 is 17.5 Å². The molecule has 0 spiro atoms. The zero-order valence-corrected chi connectivity index (χ0v) is 10.9. The minimum Gasteiger partial charge on any atom is -0.481 e. The summed E-state index contributed by atoms with van der Waals surface area (Å²) in [5.74, 6) is 2.66. The third kappa shape index (κ3) is 1.99. The first-order chi connectivity index (χ1) is 9.70. The SMILES string of the molecule is C#CCOc1ccc2c(c1)C(=O)N1CCC[C@H]1C(=O)N2. The molecule has 102 valence electrons. The van der Waals surface area contributed by atoms with Crippen LogP contribution in [0.2, 0.25) is 0 Å². The molecule has 2 aliphatic rings. The highest BCUT2D eigenvalue weighted by atomic mass is 16.5. The van der Waals surface area contributed by atoms with Crippen molar-refractivity contribution in [3.05, 3.63) is 23.8 Å². The maximum absolute atomic E-state index is 12.5. The van der Waals surface area contributed by atoms with Crippen LogP contribution in [-0.4, -0.2) is 35.9 Å². The predicted molar refractivity (Wildman–Crippen MR) is 73.5 cm³/mol. The van der Waals surface area contributed by atoms with Gasteiger partial charge in [0.15, 0.2) is 0 Å². The van der Waals surface area contributed by atoms with Gasteiger partial charge in [0.05, 0.1) is 11.3 Å². The first-order valence-corrected chi connectivity index (χ1v) is 6.53. The smallest absolute Gasteiger partial charge is 0.256 e. The molecule has 2 heterocycles. The quantitative estimate of drug-likeness (QED) is 0.823. The maximum atomic E-state index is 12.5. The maximum Gasteiger partial charge on any atom is 0.256 e. The molecule has 0 radical (unpaired) electrons. The van der Waals surface area contributed by atoms with Crippen molar-refractivity contribution in [3.8, 4) is 18.1 Å². The zero-order chi connectivity index (χ0) is 14.1. The number of carbonyl (C=O) groups excluding carboxylic acids is 2. The summed E-state index contributed by atoms with van der Waals surface area (Å²) in [6.07, 6.45) is 6.72. The molecule has 0 bridgehead atoms. The fraction of sp³-hybridized carbons (Fsp3) is 0.333. The Morgan fingerprint density at radius 1 is 1.45 bits per heavy atom. The molecule has 2 aliphatic heterocycles. The number of terminal acetylenes is 1.